The molecular weight excluding hydrogens is 1260 g/mol. The van der Waals surface area contributed by atoms with E-state index in [0.717, 1.165) is 24.3 Å². The fourth-order valence-electron chi connectivity index (χ4n) is 12.1. The minimum atomic E-state index is -3.75. The summed E-state index contributed by atoms with van der Waals surface area (Å²) in [5, 5.41) is 13.9. The number of quaternary nitrogens is 1. The maximum absolute atomic E-state index is 13.4. The molecule has 9 aromatic rings. The third-order valence-corrected chi connectivity index (χ3v) is 21.7. The first-order chi connectivity index (χ1) is 44.8. The van der Waals surface area contributed by atoms with Crippen molar-refractivity contribution in [1.82, 2.24) is 34.3 Å². The Morgan fingerprint density at radius 3 is 1.21 bits per heavy atom. The van der Waals surface area contributed by atoms with Crippen molar-refractivity contribution < 1.29 is 52.1 Å². The zero-order valence-electron chi connectivity index (χ0n) is 56.3. The molecule has 3 aliphatic heterocycles. The molecule has 95 heavy (non-hydrogen) atoms. The Kier molecular flexibility index (Phi) is 20.2. The van der Waals surface area contributed by atoms with Gasteiger partial charge in [0.2, 0.25) is 19.7 Å². The van der Waals surface area contributed by atoms with E-state index in [9.17, 15) is 36.4 Å². The Morgan fingerprint density at radius 2 is 0.789 bits per heavy atom. The molecule has 0 radical (unpaired) electrons. The number of amides is 3. The van der Waals surface area contributed by atoms with Gasteiger partial charge in [0.25, 0.3) is 0 Å². The third-order valence-electron chi connectivity index (χ3n) is 16.6. The predicted octanol–water partition coefficient (Wildman–Crippen LogP) is 14.6. The van der Waals surface area contributed by atoms with E-state index in [4.69, 9.17) is 14.2 Å². The molecule has 6 aromatic carbocycles. The molecule has 3 aromatic heterocycles. The number of ether oxygens (including phenoxy) is 3. The first kappa shape index (κ1) is 69.4. The molecule has 3 fully saturated rings. The molecular formula is C72H90N9O11S3+. The van der Waals surface area contributed by atoms with Crippen LogP contribution in [0.5, 0.6) is 0 Å². The van der Waals surface area contributed by atoms with Crippen LogP contribution in [0.15, 0.2) is 175 Å². The third kappa shape index (κ3) is 15.8. The van der Waals surface area contributed by atoms with Crippen LogP contribution in [0.1, 0.15) is 80.8 Å². The number of anilines is 2. The molecule has 506 valence electrons. The van der Waals surface area contributed by atoms with E-state index >= 15 is 0 Å². The number of hydroxylamine groups is 2. The summed E-state index contributed by atoms with van der Waals surface area (Å²) in [6.45, 7) is 28.8. The van der Waals surface area contributed by atoms with Gasteiger partial charge in [-0.1, -0.05) is 103 Å². The zero-order valence-corrected chi connectivity index (χ0v) is 58.7. The summed E-state index contributed by atoms with van der Waals surface area (Å²) in [7, 11) is -7.40. The van der Waals surface area contributed by atoms with Crippen LogP contribution < -0.4 is 14.4 Å². The highest BCUT2D eigenvalue weighted by Crippen LogP contribution is 2.42. The molecule has 3 saturated heterocycles. The normalized spacial score (nSPS) is 15.7. The maximum atomic E-state index is 13.4. The second-order valence-corrected chi connectivity index (χ2v) is 32.0. The summed E-state index contributed by atoms with van der Waals surface area (Å²) >= 11 is 1.80. The Labute approximate surface area is 563 Å². The van der Waals surface area contributed by atoms with Crippen LogP contribution in [0.25, 0.3) is 32.7 Å². The summed E-state index contributed by atoms with van der Waals surface area (Å²) < 4.78 is 69.5. The second kappa shape index (κ2) is 27.7. The standard InChI is InChI=1S/C24H30N3O5S.C24H29N3O4S.C24H29N3O2S.H2/c1-17-22(33(30,31)18-9-6-5-7-10-18)19-11-8-12-20(21(19)25-17)27(29)15-13-26(14-16-27)23(28)32-24(2,3)4;1-17-22(32(29,30)18-9-6-5-7-10-18)19-11-8-12-20(21(19)25-17)26-13-15-27(16-14-26)23(28)31-24(2,3)4;1-17-22(30-18-9-6-5-7-10-18)19-11-8-12-20(21(19)25-17)26-13-15-27(16-14-26)23(28)29-24(2,3)4;/h5-12,25,29H,13-16H2,1-4H3;5-12,25H,13-16H2,1-4H3;5-12,25H,13-16H2,1-4H3;1H/q+1;;;. The number of rotatable bonds is 9. The van der Waals surface area contributed by atoms with Gasteiger partial charge in [-0.15, -0.1) is 4.65 Å². The molecule has 6 heterocycles. The molecule has 12 rings (SSSR count). The van der Waals surface area contributed by atoms with Gasteiger partial charge in [0.05, 0.1) is 50.2 Å². The number of para-hydroxylation sites is 3. The van der Waals surface area contributed by atoms with Crippen molar-refractivity contribution in [3.8, 4) is 0 Å². The van der Waals surface area contributed by atoms with Crippen molar-refractivity contribution in [2.75, 3.05) is 88.3 Å². The minimum Gasteiger partial charge on any atom is -0.444 e. The largest absolute Gasteiger partial charge is 0.444 e. The van der Waals surface area contributed by atoms with Gasteiger partial charge in [0.1, 0.15) is 40.3 Å². The predicted molar refractivity (Wildman–Crippen MR) is 377 cm³/mol. The van der Waals surface area contributed by atoms with Crippen molar-refractivity contribution in [2.24, 2.45) is 0 Å². The maximum Gasteiger partial charge on any atom is 0.410 e. The summed E-state index contributed by atoms with van der Waals surface area (Å²) in [6.07, 6.45) is -0.932. The lowest BCUT2D eigenvalue weighted by atomic mass is 10.1. The summed E-state index contributed by atoms with van der Waals surface area (Å²) in [4.78, 5) is 60.4. The fourth-order valence-corrected chi connectivity index (χ4v) is 16.5. The molecule has 0 unspecified atom stereocenters. The first-order valence-corrected chi connectivity index (χ1v) is 35.8. The van der Waals surface area contributed by atoms with Gasteiger partial charge in [-0.05, 0) is 132 Å². The molecule has 3 amide bonds. The number of nitrogens with one attached hydrogen (secondary N) is 3. The van der Waals surface area contributed by atoms with Gasteiger partial charge < -0.3 is 48.8 Å². The van der Waals surface area contributed by atoms with Gasteiger partial charge in [-0.3, -0.25) is 4.90 Å². The number of hydrogen-bond donors (Lipinski definition) is 4. The lowest BCUT2D eigenvalue weighted by Gasteiger charge is -2.38. The number of aromatic amines is 3. The molecule has 3 aliphatic rings. The van der Waals surface area contributed by atoms with Crippen molar-refractivity contribution in [2.45, 2.75) is 129 Å². The van der Waals surface area contributed by atoms with Crippen LogP contribution in [0.4, 0.5) is 31.4 Å². The number of carbonyl (C=O) groups is 3. The van der Waals surface area contributed by atoms with Crippen molar-refractivity contribution in [3.05, 3.63) is 163 Å². The average molecular weight is 1350 g/mol. The van der Waals surface area contributed by atoms with Gasteiger partial charge >= 0.3 is 18.3 Å². The number of nitrogens with zero attached hydrogens (tertiary/aromatic N) is 6. The van der Waals surface area contributed by atoms with E-state index in [-0.39, 0.29) is 41.4 Å². The summed E-state index contributed by atoms with van der Waals surface area (Å²) in [5.41, 5.74) is 5.98. The first-order valence-electron chi connectivity index (χ1n) is 32.0. The van der Waals surface area contributed by atoms with Gasteiger partial charge in [0.15, 0.2) is 5.69 Å². The number of aromatic nitrogens is 3. The number of fused-ring (bicyclic) bond motifs is 3. The Hall–Kier alpha value is -8.48. The minimum absolute atomic E-state index is 0. The van der Waals surface area contributed by atoms with Crippen LogP contribution in [0.2, 0.25) is 0 Å². The Morgan fingerprint density at radius 1 is 0.442 bits per heavy atom. The number of H-pyrrole nitrogens is 3. The van der Waals surface area contributed by atoms with E-state index in [1.165, 1.54) is 32.1 Å². The lowest BCUT2D eigenvalue weighted by molar-refractivity contribution is -0.105. The van der Waals surface area contributed by atoms with E-state index in [0.29, 0.717) is 90.6 Å². The number of sulfone groups is 2. The molecule has 23 heteroatoms. The van der Waals surface area contributed by atoms with E-state index in [2.05, 4.69) is 74.1 Å². The molecule has 20 nitrogen and oxygen atoms in total. The van der Waals surface area contributed by atoms with E-state index in [1.54, 1.807) is 119 Å². The van der Waals surface area contributed by atoms with Crippen molar-refractivity contribution in [3.63, 3.8) is 0 Å². The van der Waals surface area contributed by atoms with E-state index in [1.807, 2.05) is 86.6 Å². The highest BCUT2D eigenvalue weighted by molar-refractivity contribution is 7.99. The molecule has 0 saturated carbocycles. The number of piperazine rings is 3. The average Bonchev–Trinajstić information content (AvgIpc) is 1.56. The molecule has 0 spiro atoms. The highest BCUT2D eigenvalue weighted by atomic mass is 32.2. The fraction of sp³-hybridized carbons (Fsp3) is 0.375. The number of carbonyl (C=O) groups excluding carboxylic acids is 3. The summed E-state index contributed by atoms with van der Waals surface area (Å²) in [6, 6.07) is 44.8. The summed E-state index contributed by atoms with van der Waals surface area (Å²) in [5.74, 6) is 0. The van der Waals surface area contributed by atoms with Crippen LogP contribution in [0.3, 0.4) is 0 Å². The lowest BCUT2D eigenvalue weighted by Crippen LogP contribution is -2.60. The van der Waals surface area contributed by atoms with Crippen molar-refractivity contribution >= 4 is 99.5 Å². The van der Waals surface area contributed by atoms with Gasteiger partial charge in [-0.25, -0.2) is 36.4 Å². The van der Waals surface area contributed by atoms with Crippen LogP contribution in [0, 0.1) is 20.8 Å². The van der Waals surface area contributed by atoms with Crippen LogP contribution in [-0.2, 0) is 33.9 Å². The molecule has 0 atom stereocenters. The molecule has 4 N–H and O–H groups in total. The van der Waals surface area contributed by atoms with Crippen LogP contribution in [-0.4, -0.2) is 165 Å². The smallest absolute Gasteiger partial charge is 0.410 e. The second-order valence-electron chi connectivity index (χ2n) is 27.1. The Bertz CT molecular complexity index is 4460. The molecule has 0 bridgehead atoms. The molecule has 0 aliphatic carbocycles. The highest BCUT2D eigenvalue weighted by Gasteiger charge is 2.40. The number of aryl methyl sites for hydroxylation is 3. The van der Waals surface area contributed by atoms with Gasteiger partial charge in [-0.2, -0.15) is 0 Å². The SMILES string of the molecule is Cc1[nH]c2c(N3CCN(C(=O)OC(C)(C)C)CC3)cccc2c1S(=O)(=O)c1ccccc1.Cc1[nH]c2c(N3CCN(C(=O)OC(C)(C)C)CC3)cccc2c1Sc1ccccc1.Cc1[nH]c2c([N+]3(O)CCN(C(=O)OC(C)(C)C)CC3)cccc2c1S(=O)(=O)c1ccccc1.[HH]. The van der Waals surface area contributed by atoms with E-state index < -0.39 is 47.2 Å². The topological polar surface area (TPSA) is 231 Å². The van der Waals surface area contributed by atoms with Crippen LogP contribution >= 0.6 is 11.8 Å². The number of hydrogen-bond acceptors (Lipinski definition) is 14. The van der Waals surface area contributed by atoms with Crippen molar-refractivity contribution in [1.29, 1.82) is 0 Å². The quantitative estimate of drug-likeness (QED) is 0.0778. The number of benzene rings is 6. The monoisotopic (exact) mass is 1350 g/mol. The Balaban J connectivity index is 0.000000168. The van der Waals surface area contributed by atoms with Gasteiger partial charge in [0, 0.05) is 103 Å². The zero-order chi connectivity index (χ0) is 68.4.